The molecule has 0 saturated carbocycles. The maximum absolute atomic E-state index is 13.1. The Morgan fingerprint density at radius 1 is 1.12 bits per heavy atom. The minimum atomic E-state index is -0.333. The van der Waals surface area contributed by atoms with Gasteiger partial charge in [-0.3, -0.25) is 13.8 Å². The largest absolute Gasteiger partial charge is 0.350 e. The highest BCUT2D eigenvalue weighted by atomic mass is 19.1. The summed E-state index contributed by atoms with van der Waals surface area (Å²) in [6.07, 6.45) is 5.43. The maximum Gasteiger partial charge on any atom is 0.269 e. The fourth-order valence-electron chi connectivity index (χ4n) is 2.71. The van der Waals surface area contributed by atoms with Crippen molar-refractivity contribution in [2.75, 3.05) is 6.54 Å². The summed E-state index contributed by atoms with van der Waals surface area (Å²) >= 11 is 0. The first-order chi connectivity index (χ1) is 12.7. The molecule has 0 fully saturated rings. The average molecular weight is 350 g/mol. The van der Waals surface area contributed by atoms with Crippen LogP contribution in [-0.4, -0.2) is 36.6 Å². The highest BCUT2D eigenvalue weighted by molar-refractivity contribution is 5.93. The molecular weight excluding hydrogens is 335 g/mol. The lowest BCUT2D eigenvalue weighted by molar-refractivity contribution is 0.0947. The zero-order valence-corrected chi connectivity index (χ0v) is 13.7. The second-order valence-corrected chi connectivity index (χ2v) is 5.68. The lowest BCUT2D eigenvalue weighted by Crippen LogP contribution is -2.28. The van der Waals surface area contributed by atoms with Crippen molar-refractivity contribution in [3.05, 3.63) is 78.5 Å². The van der Waals surface area contributed by atoms with Gasteiger partial charge in [0.1, 0.15) is 17.3 Å². The van der Waals surface area contributed by atoms with Crippen LogP contribution in [0.2, 0.25) is 0 Å². The minimum absolute atomic E-state index is 0.263. The molecule has 1 N–H and O–H groups in total. The first kappa shape index (κ1) is 15.9. The molecule has 0 spiro atoms. The zero-order chi connectivity index (χ0) is 17.9. The summed E-state index contributed by atoms with van der Waals surface area (Å²) in [6, 6.07) is 11.5. The monoisotopic (exact) mass is 350 g/mol. The molecule has 0 radical (unpaired) electrons. The summed E-state index contributed by atoms with van der Waals surface area (Å²) in [4.78, 5) is 16.5. The Balaban J connectivity index is 1.44. The molecule has 26 heavy (non-hydrogen) atoms. The third kappa shape index (κ3) is 3.04. The number of rotatable bonds is 5. The van der Waals surface area contributed by atoms with Crippen LogP contribution >= 0.6 is 0 Å². The molecule has 4 rings (SSSR count). The number of nitrogens with zero attached hydrogens (tertiary/aromatic N) is 5. The quantitative estimate of drug-likeness (QED) is 0.597. The van der Waals surface area contributed by atoms with Gasteiger partial charge in [0.2, 0.25) is 0 Å². The second-order valence-electron chi connectivity index (χ2n) is 5.68. The second kappa shape index (κ2) is 6.75. The lowest BCUT2D eigenvalue weighted by Gasteiger charge is -2.08. The highest BCUT2D eigenvalue weighted by Crippen LogP contribution is 2.12. The third-order valence-corrected chi connectivity index (χ3v) is 3.99. The topological polar surface area (TPSA) is 77.1 Å². The summed E-state index contributed by atoms with van der Waals surface area (Å²) in [6.45, 7) is 0.406. The van der Waals surface area contributed by atoms with E-state index in [-0.39, 0.29) is 11.7 Å². The fraction of sp³-hybridized carbons (Fsp3) is 0.111. The number of benzene rings is 1. The smallest absolute Gasteiger partial charge is 0.269 e. The predicted molar refractivity (Wildman–Crippen MR) is 92.5 cm³/mol. The van der Waals surface area contributed by atoms with Crippen LogP contribution in [0.25, 0.3) is 11.3 Å². The molecule has 0 aliphatic rings. The standard InChI is InChI=1S/C18H15FN6O/c19-13-4-6-14(7-5-13)25-12-20-11-15(25)18(26)21-9-8-17-23-22-16-3-1-2-10-24(16)17/h1-7,10-12H,8-9H2,(H,21,26). The number of nitrogens with one attached hydrogen (secondary N) is 1. The van der Waals surface area contributed by atoms with Gasteiger partial charge < -0.3 is 5.32 Å². The number of hydrogen-bond acceptors (Lipinski definition) is 4. The Morgan fingerprint density at radius 3 is 2.81 bits per heavy atom. The first-order valence-corrected chi connectivity index (χ1v) is 8.07. The van der Waals surface area contributed by atoms with Crippen LogP contribution < -0.4 is 5.32 Å². The highest BCUT2D eigenvalue weighted by Gasteiger charge is 2.13. The van der Waals surface area contributed by atoms with Gasteiger partial charge in [-0.2, -0.15) is 0 Å². The fourth-order valence-corrected chi connectivity index (χ4v) is 2.71. The van der Waals surface area contributed by atoms with E-state index in [1.165, 1.54) is 24.7 Å². The molecule has 7 nitrogen and oxygen atoms in total. The molecule has 0 aliphatic heterocycles. The molecule has 3 aromatic heterocycles. The van der Waals surface area contributed by atoms with Gasteiger partial charge in [-0.05, 0) is 36.4 Å². The van der Waals surface area contributed by atoms with Crippen LogP contribution in [0.15, 0.2) is 61.2 Å². The number of carbonyl (C=O) groups is 1. The molecule has 0 bridgehead atoms. The van der Waals surface area contributed by atoms with Gasteiger partial charge in [0.25, 0.3) is 5.91 Å². The molecule has 4 aromatic rings. The minimum Gasteiger partial charge on any atom is -0.350 e. The Hall–Kier alpha value is -3.55. The van der Waals surface area contributed by atoms with E-state index in [0.717, 1.165) is 11.5 Å². The van der Waals surface area contributed by atoms with Gasteiger partial charge >= 0.3 is 0 Å². The van der Waals surface area contributed by atoms with Crippen molar-refractivity contribution in [2.45, 2.75) is 6.42 Å². The van der Waals surface area contributed by atoms with Crippen LogP contribution in [0.4, 0.5) is 4.39 Å². The van der Waals surface area contributed by atoms with E-state index in [1.54, 1.807) is 16.7 Å². The van der Waals surface area contributed by atoms with Crippen LogP contribution in [-0.2, 0) is 6.42 Å². The summed E-state index contributed by atoms with van der Waals surface area (Å²) in [5.74, 6) is 0.175. The van der Waals surface area contributed by atoms with E-state index < -0.39 is 0 Å². The van der Waals surface area contributed by atoms with Crippen LogP contribution in [0.1, 0.15) is 16.3 Å². The van der Waals surface area contributed by atoms with E-state index in [4.69, 9.17) is 0 Å². The number of pyridine rings is 1. The van der Waals surface area contributed by atoms with Crippen molar-refractivity contribution in [2.24, 2.45) is 0 Å². The van der Waals surface area contributed by atoms with E-state index in [9.17, 15) is 9.18 Å². The van der Waals surface area contributed by atoms with E-state index in [0.29, 0.717) is 24.3 Å². The molecule has 3 heterocycles. The van der Waals surface area contributed by atoms with Crippen LogP contribution in [0, 0.1) is 5.82 Å². The number of halogens is 1. The molecule has 0 atom stereocenters. The molecule has 0 saturated heterocycles. The van der Waals surface area contributed by atoms with Crippen molar-refractivity contribution in [3.8, 4) is 5.69 Å². The number of amides is 1. The Kier molecular flexibility index (Phi) is 4.14. The van der Waals surface area contributed by atoms with Crippen molar-refractivity contribution in [1.82, 2.24) is 29.5 Å². The van der Waals surface area contributed by atoms with Crippen molar-refractivity contribution >= 4 is 11.6 Å². The van der Waals surface area contributed by atoms with Gasteiger partial charge in [0.05, 0.1) is 12.5 Å². The third-order valence-electron chi connectivity index (χ3n) is 3.99. The van der Waals surface area contributed by atoms with E-state index >= 15 is 0 Å². The van der Waals surface area contributed by atoms with E-state index in [1.807, 2.05) is 28.8 Å². The number of aromatic nitrogens is 5. The van der Waals surface area contributed by atoms with Crippen molar-refractivity contribution in [3.63, 3.8) is 0 Å². The Labute approximate surface area is 148 Å². The maximum atomic E-state index is 13.1. The first-order valence-electron chi connectivity index (χ1n) is 8.07. The summed E-state index contributed by atoms with van der Waals surface area (Å²) < 4.78 is 16.6. The van der Waals surface area contributed by atoms with Crippen molar-refractivity contribution in [1.29, 1.82) is 0 Å². The zero-order valence-electron chi connectivity index (χ0n) is 13.7. The number of imidazole rings is 1. The normalized spacial score (nSPS) is 11.0. The van der Waals surface area contributed by atoms with Crippen LogP contribution in [0.3, 0.4) is 0 Å². The number of hydrogen-bond donors (Lipinski definition) is 1. The molecular formula is C18H15FN6O. The SMILES string of the molecule is O=C(NCCc1nnc2ccccn12)c1cncn1-c1ccc(F)cc1. The van der Waals surface area contributed by atoms with Gasteiger partial charge in [0, 0.05) is 24.8 Å². The molecule has 0 aliphatic carbocycles. The summed E-state index contributed by atoms with van der Waals surface area (Å²) in [5, 5.41) is 11.1. The van der Waals surface area contributed by atoms with Gasteiger partial charge in [-0.15, -0.1) is 10.2 Å². The number of fused-ring (bicyclic) bond motifs is 1. The lowest BCUT2D eigenvalue weighted by atomic mass is 10.3. The average Bonchev–Trinajstić information content (AvgIpc) is 3.30. The molecule has 0 unspecified atom stereocenters. The number of carbonyl (C=O) groups excluding carboxylic acids is 1. The predicted octanol–water partition coefficient (Wildman–Crippen LogP) is 2.03. The van der Waals surface area contributed by atoms with E-state index in [2.05, 4.69) is 20.5 Å². The van der Waals surface area contributed by atoms with Crippen LogP contribution in [0.5, 0.6) is 0 Å². The van der Waals surface area contributed by atoms with Gasteiger partial charge in [-0.25, -0.2) is 9.37 Å². The van der Waals surface area contributed by atoms with Gasteiger partial charge in [-0.1, -0.05) is 6.07 Å². The Morgan fingerprint density at radius 2 is 1.96 bits per heavy atom. The van der Waals surface area contributed by atoms with Crippen molar-refractivity contribution < 1.29 is 9.18 Å². The molecule has 1 amide bonds. The van der Waals surface area contributed by atoms with Gasteiger partial charge in [0.15, 0.2) is 5.65 Å². The summed E-state index contributed by atoms with van der Waals surface area (Å²) in [7, 11) is 0. The molecule has 1 aromatic carbocycles. The Bertz CT molecular complexity index is 1050. The molecule has 8 heteroatoms. The molecule has 130 valence electrons. The summed E-state index contributed by atoms with van der Waals surface area (Å²) in [5.41, 5.74) is 1.81.